The van der Waals surface area contributed by atoms with Crippen LogP contribution < -0.4 is 10.6 Å². The zero-order valence-electron chi connectivity index (χ0n) is 9.28. The first-order valence-electron chi connectivity index (χ1n) is 4.72. The molecule has 0 amide bonds. The summed E-state index contributed by atoms with van der Waals surface area (Å²) in [5, 5.41) is 15.1. The van der Waals surface area contributed by atoms with Crippen molar-refractivity contribution in [3.63, 3.8) is 0 Å². The number of aryl methyl sites for hydroxylation is 2. The second kappa shape index (κ2) is 4.68. The van der Waals surface area contributed by atoms with Crippen LogP contribution in [0.3, 0.4) is 0 Å². The number of hydrogen-bond donors (Lipinski definition) is 2. The van der Waals surface area contributed by atoms with E-state index in [0.29, 0.717) is 18.9 Å². The second-order valence-corrected chi connectivity index (χ2v) is 3.48. The van der Waals surface area contributed by atoms with Crippen LogP contribution in [0.1, 0.15) is 17.8 Å². The molecule has 1 aromatic heterocycles. The van der Waals surface area contributed by atoms with Crippen molar-refractivity contribution in [1.29, 1.82) is 5.41 Å². The third-order valence-corrected chi connectivity index (χ3v) is 2.14. The fourth-order valence-electron chi connectivity index (χ4n) is 0.995. The summed E-state index contributed by atoms with van der Waals surface area (Å²) in [6.45, 7) is 4.39. The fourth-order valence-corrected chi connectivity index (χ4v) is 0.995. The molecule has 0 bridgehead atoms. The van der Waals surface area contributed by atoms with E-state index in [9.17, 15) is 0 Å². The summed E-state index contributed by atoms with van der Waals surface area (Å²) in [6, 6.07) is 0. The quantitative estimate of drug-likeness (QED) is 0.546. The summed E-state index contributed by atoms with van der Waals surface area (Å²) >= 11 is 0. The van der Waals surface area contributed by atoms with Gasteiger partial charge < -0.3 is 10.6 Å². The highest BCUT2D eigenvalue weighted by molar-refractivity contribution is 5.77. The fraction of sp³-hybridized carbons (Fsp3) is 0.556. The minimum atomic E-state index is 0.165. The van der Waals surface area contributed by atoms with Crippen LogP contribution in [0.4, 0.5) is 5.95 Å². The van der Waals surface area contributed by atoms with Crippen molar-refractivity contribution in [1.82, 2.24) is 15.2 Å². The normalized spacial score (nSPS) is 10.1. The number of aromatic nitrogens is 3. The van der Waals surface area contributed by atoms with Gasteiger partial charge in [0.1, 0.15) is 0 Å². The predicted molar refractivity (Wildman–Crippen MR) is 59.1 cm³/mol. The van der Waals surface area contributed by atoms with Crippen molar-refractivity contribution in [2.45, 2.75) is 20.3 Å². The molecule has 0 radical (unpaired) electrons. The molecule has 1 heterocycles. The summed E-state index contributed by atoms with van der Waals surface area (Å²) in [6.07, 6.45) is 0.507. The number of amidine groups is 1. The van der Waals surface area contributed by atoms with Crippen molar-refractivity contribution in [3.05, 3.63) is 11.4 Å². The molecule has 0 aromatic carbocycles. The van der Waals surface area contributed by atoms with Gasteiger partial charge in [-0.3, -0.25) is 5.41 Å². The Morgan fingerprint density at radius 1 is 1.33 bits per heavy atom. The van der Waals surface area contributed by atoms with Gasteiger partial charge >= 0.3 is 0 Å². The van der Waals surface area contributed by atoms with E-state index in [2.05, 4.69) is 15.2 Å². The smallest absolute Gasteiger partial charge is 0.245 e. The van der Waals surface area contributed by atoms with Crippen LogP contribution in [-0.4, -0.2) is 34.6 Å². The Kier molecular flexibility index (Phi) is 3.54. The van der Waals surface area contributed by atoms with E-state index >= 15 is 0 Å². The van der Waals surface area contributed by atoms with Gasteiger partial charge in [-0.2, -0.15) is 5.10 Å². The summed E-state index contributed by atoms with van der Waals surface area (Å²) in [5.74, 6) is 0.734. The van der Waals surface area contributed by atoms with Crippen molar-refractivity contribution in [2.24, 2.45) is 5.73 Å². The number of nitrogens with zero attached hydrogens (tertiary/aromatic N) is 4. The van der Waals surface area contributed by atoms with E-state index < -0.39 is 0 Å². The Morgan fingerprint density at radius 2 is 2.00 bits per heavy atom. The van der Waals surface area contributed by atoms with Crippen LogP contribution in [0.15, 0.2) is 0 Å². The highest BCUT2D eigenvalue weighted by Crippen LogP contribution is 2.06. The summed E-state index contributed by atoms with van der Waals surface area (Å²) in [4.78, 5) is 6.13. The number of nitrogens with one attached hydrogen (secondary N) is 1. The molecule has 0 aliphatic carbocycles. The van der Waals surface area contributed by atoms with Gasteiger partial charge in [-0.05, 0) is 13.8 Å². The molecule has 0 aliphatic rings. The lowest BCUT2D eigenvalue weighted by molar-refractivity contribution is 0.805. The maximum Gasteiger partial charge on any atom is 0.245 e. The Labute approximate surface area is 89.0 Å². The molecule has 0 unspecified atom stereocenters. The van der Waals surface area contributed by atoms with Crippen molar-refractivity contribution in [3.8, 4) is 0 Å². The standard InChI is InChI=1S/C9H16N6/c1-6-7(2)13-14-9(12-6)15(3)5-4-8(10)11/h4-5H2,1-3H3,(H3,10,11). The van der Waals surface area contributed by atoms with Gasteiger partial charge in [0.15, 0.2) is 0 Å². The zero-order valence-corrected chi connectivity index (χ0v) is 9.28. The van der Waals surface area contributed by atoms with Crippen LogP contribution in [-0.2, 0) is 0 Å². The van der Waals surface area contributed by atoms with Gasteiger partial charge in [-0.1, -0.05) is 0 Å². The SMILES string of the molecule is Cc1nnc(N(C)CCC(=N)N)nc1C. The molecule has 1 aromatic rings. The summed E-state index contributed by atoms with van der Waals surface area (Å²) < 4.78 is 0. The summed E-state index contributed by atoms with van der Waals surface area (Å²) in [5.41, 5.74) is 6.98. The van der Waals surface area contributed by atoms with E-state index in [1.807, 2.05) is 25.8 Å². The van der Waals surface area contributed by atoms with Gasteiger partial charge in [0.25, 0.3) is 0 Å². The van der Waals surface area contributed by atoms with Crippen molar-refractivity contribution >= 4 is 11.8 Å². The monoisotopic (exact) mass is 208 g/mol. The number of hydrogen-bond acceptors (Lipinski definition) is 5. The molecule has 15 heavy (non-hydrogen) atoms. The molecule has 6 heteroatoms. The average molecular weight is 208 g/mol. The second-order valence-electron chi connectivity index (χ2n) is 3.48. The van der Waals surface area contributed by atoms with E-state index in [1.165, 1.54) is 0 Å². The van der Waals surface area contributed by atoms with Crippen LogP contribution in [0.25, 0.3) is 0 Å². The zero-order chi connectivity index (χ0) is 11.4. The van der Waals surface area contributed by atoms with Crippen molar-refractivity contribution < 1.29 is 0 Å². The van der Waals surface area contributed by atoms with Gasteiger partial charge in [0, 0.05) is 20.0 Å². The lowest BCUT2D eigenvalue weighted by Crippen LogP contribution is -2.26. The van der Waals surface area contributed by atoms with E-state index in [0.717, 1.165) is 11.4 Å². The molecule has 0 saturated carbocycles. The minimum Gasteiger partial charge on any atom is -0.388 e. The summed E-state index contributed by atoms with van der Waals surface area (Å²) in [7, 11) is 1.86. The Morgan fingerprint density at radius 3 is 2.53 bits per heavy atom. The van der Waals surface area contributed by atoms with Gasteiger partial charge in [-0.15, -0.1) is 5.10 Å². The van der Waals surface area contributed by atoms with E-state index in [-0.39, 0.29) is 5.84 Å². The minimum absolute atomic E-state index is 0.165. The number of anilines is 1. The lowest BCUT2D eigenvalue weighted by atomic mass is 10.3. The third kappa shape index (κ3) is 3.16. The maximum atomic E-state index is 7.12. The van der Waals surface area contributed by atoms with Crippen LogP contribution in [0.5, 0.6) is 0 Å². The number of nitrogens with two attached hydrogens (primary N) is 1. The third-order valence-electron chi connectivity index (χ3n) is 2.14. The van der Waals surface area contributed by atoms with Gasteiger partial charge in [0.2, 0.25) is 5.95 Å². The first kappa shape index (κ1) is 11.4. The molecular weight excluding hydrogens is 192 g/mol. The predicted octanol–water partition coefficient (Wildman–Crippen LogP) is 0.251. The molecule has 1 rings (SSSR count). The Balaban J connectivity index is 2.69. The van der Waals surface area contributed by atoms with Crippen LogP contribution in [0, 0.1) is 19.3 Å². The Hall–Kier alpha value is -1.72. The molecular formula is C9H16N6. The van der Waals surface area contributed by atoms with Gasteiger partial charge in [-0.25, -0.2) is 4.98 Å². The molecule has 0 spiro atoms. The first-order valence-corrected chi connectivity index (χ1v) is 4.72. The molecule has 0 fully saturated rings. The van der Waals surface area contributed by atoms with E-state index in [4.69, 9.17) is 11.1 Å². The highest BCUT2D eigenvalue weighted by Gasteiger charge is 2.06. The van der Waals surface area contributed by atoms with Crippen LogP contribution in [0.2, 0.25) is 0 Å². The molecule has 0 saturated heterocycles. The Bertz CT molecular complexity index is 362. The topological polar surface area (TPSA) is 91.8 Å². The number of rotatable bonds is 4. The average Bonchev–Trinajstić information content (AvgIpc) is 2.18. The molecule has 82 valence electrons. The molecule has 6 nitrogen and oxygen atoms in total. The van der Waals surface area contributed by atoms with Crippen molar-refractivity contribution in [2.75, 3.05) is 18.5 Å². The lowest BCUT2D eigenvalue weighted by Gasteiger charge is -2.16. The molecule has 0 aliphatic heterocycles. The van der Waals surface area contributed by atoms with Crippen LogP contribution >= 0.6 is 0 Å². The molecule has 0 atom stereocenters. The molecule has 3 N–H and O–H groups in total. The maximum absolute atomic E-state index is 7.12. The van der Waals surface area contributed by atoms with Gasteiger partial charge in [0.05, 0.1) is 17.2 Å². The highest BCUT2D eigenvalue weighted by atomic mass is 15.3. The van der Waals surface area contributed by atoms with E-state index in [1.54, 1.807) is 0 Å². The first-order chi connectivity index (χ1) is 7.00. The largest absolute Gasteiger partial charge is 0.388 e.